The third-order valence-corrected chi connectivity index (χ3v) is 3.83. The molecule has 3 heteroatoms. The lowest BCUT2D eigenvalue weighted by Gasteiger charge is -2.36. The molecular weight excluding hydrogens is 212 g/mol. The molecule has 3 nitrogen and oxygen atoms in total. The summed E-state index contributed by atoms with van der Waals surface area (Å²) >= 11 is 0. The highest BCUT2D eigenvalue weighted by Crippen LogP contribution is 2.18. The molecule has 100 valence electrons. The van der Waals surface area contributed by atoms with Gasteiger partial charge in [-0.25, -0.2) is 4.79 Å². The average molecular weight is 240 g/mol. The van der Waals surface area contributed by atoms with Crippen molar-refractivity contribution in [3.05, 3.63) is 0 Å². The molecule has 17 heavy (non-hydrogen) atoms. The average Bonchev–Trinajstić information content (AvgIpc) is 2.27. The molecule has 0 saturated carbocycles. The maximum atomic E-state index is 12.3. The first kappa shape index (κ1) is 14.3. The first-order chi connectivity index (χ1) is 7.91. The molecule has 1 aliphatic rings. The summed E-state index contributed by atoms with van der Waals surface area (Å²) in [5.74, 6) is 1.42. The number of hydrogen-bond acceptors (Lipinski definition) is 1. The van der Waals surface area contributed by atoms with Crippen LogP contribution >= 0.6 is 0 Å². The molecule has 1 rings (SSSR count). The molecule has 0 spiro atoms. The highest BCUT2D eigenvalue weighted by molar-refractivity contribution is 5.74. The van der Waals surface area contributed by atoms with Crippen molar-refractivity contribution >= 4 is 6.03 Å². The van der Waals surface area contributed by atoms with Crippen molar-refractivity contribution in [2.45, 2.75) is 53.0 Å². The van der Waals surface area contributed by atoms with E-state index in [2.05, 4.69) is 27.7 Å². The summed E-state index contributed by atoms with van der Waals surface area (Å²) in [6.45, 7) is 10.7. The molecule has 1 fully saturated rings. The van der Waals surface area contributed by atoms with Crippen molar-refractivity contribution in [1.82, 2.24) is 9.80 Å². The fourth-order valence-corrected chi connectivity index (χ4v) is 2.45. The van der Waals surface area contributed by atoms with Crippen LogP contribution in [0.25, 0.3) is 0 Å². The van der Waals surface area contributed by atoms with Crippen molar-refractivity contribution in [3.8, 4) is 0 Å². The molecule has 0 radical (unpaired) electrons. The van der Waals surface area contributed by atoms with E-state index in [9.17, 15) is 4.79 Å². The molecule has 0 aromatic heterocycles. The zero-order valence-electron chi connectivity index (χ0n) is 12.1. The summed E-state index contributed by atoms with van der Waals surface area (Å²) in [6, 6.07) is 0.548. The van der Waals surface area contributed by atoms with Gasteiger partial charge in [0.05, 0.1) is 0 Å². The number of carbonyl (C=O) groups is 1. The zero-order chi connectivity index (χ0) is 13.0. The summed E-state index contributed by atoms with van der Waals surface area (Å²) in [4.78, 5) is 16.2. The summed E-state index contributed by atoms with van der Waals surface area (Å²) in [6.07, 6.45) is 3.38. The molecule has 1 saturated heterocycles. The number of urea groups is 1. The van der Waals surface area contributed by atoms with Crippen LogP contribution in [0.3, 0.4) is 0 Å². The molecule has 1 aliphatic heterocycles. The predicted molar refractivity (Wildman–Crippen MR) is 72.0 cm³/mol. The van der Waals surface area contributed by atoms with Crippen LogP contribution < -0.4 is 0 Å². The second-order valence-electron chi connectivity index (χ2n) is 6.04. The molecule has 0 aliphatic carbocycles. The Balaban J connectivity index is 2.45. The fourth-order valence-electron chi connectivity index (χ4n) is 2.45. The van der Waals surface area contributed by atoms with Gasteiger partial charge >= 0.3 is 6.03 Å². The maximum Gasteiger partial charge on any atom is 0.319 e. The number of amides is 2. The van der Waals surface area contributed by atoms with Gasteiger partial charge in [-0.1, -0.05) is 20.8 Å². The molecule has 0 N–H and O–H groups in total. The van der Waals surface area contributed by atoms with E-state index in [4.69, 9.17) is 0 Å². The minimum absolute atomic E-state index is 0.213. The van der Waals surface area contributed by atoms with Crippen LogP contribution in [0.2, 0.25) is 0 Å². The lowest BCUT2D eigenvalue weighted by atomic mass is 9.99. The molecule has 1 heterocycles. The van der Waals surface area contributed by atoms with E-state index in [1.807, 2.05) is 16.8 Å². The molecule has 0 aromatic carbocycles. The van der Waals surface area contributed by atoms with Gasteiger partial charge in [0, 0.05) is 26.2 Å². The quantitative estimate of drug-likeness (QED) is 0.743. The number of piperidine rings is 1. The standard InChI is InChI=1S/C14H28N2O/c1-11(2)10-13(4)15(5)14(17)16-8-6-12(3)7-9-16/h11-13H,6-10H2,1-5H3. The maximum absolute atomic E-state index is 12.3. The number of hydrogen-bond donors (Lipinski definition) is 0. The van der Waals surface area contributed by atoms with Crippen molar-refractivity contribution in [2.75, 3.05) is 20.1 Å². The van der Waals surface area contributed by atoms with Crippen LogP contribution in [-0.4, -0.2) is 42.0 Å². The van der Waals surface area contributed by atoms with E-state index in [0.717, 1.165) is 38.3 Å². The second kappa shape index (κ2) is 6.27. The van der Waals surface area contributed by atoms with E-state index in [0.29, 0.717) is 12.0 Å². The summed E-state index contributed by atoms with van der Waals surface area (Å²) in [7, 11) is 1.94. The minimum Gasteiger partial charge on any atom is -0.325 e. The summed E-state index contributed by atoms with van der Waals surface area (Å²) in [5, 5.41) is 0. The van der Waals surface area contributed by atoms with Gasteiger partial charge in [0.1, 0.15) is 0 Å². The highest BCUT2D eigenvalue weighted by Gasteiger charge is 2.25. The van der Waals surface area contributed by atoms with Crippen molar-refractivity contribution in [2.24, 2.45) is 11.8 Å². The van der Waals surface area contributed by atoms with Crippen molar-refractivity contribution in [1.29, 1.82) is 0 Å². The summed E-state index contributed by atoms with van der Waals surface area (Å²) in [5.41, 5.74) is 0. The van der Waals surface area contributed by atoms with Crippen LogP contribution in [0, 0.1) is 11.8 Å². The molecule has 2 amide bonds. The first-order valence-corrected chi connectivity index (χ1v) is 6.93. The first-order valence-electron chi connectivity index (χ1n) is 6.93. The van der Waals surface area contributed by atoms with Gasteiger partial charge in [-0.05, 0) is 38.0 Å². The Morgan fingerprint density at radius 1 is 1.29 bits per heavy atom. The van der Waals surface area contributed by atoms with Crippen molar-refractivity contribution < 1.29 is 4.79 Å². The van der Waals surface area contributed by atoms with Gasteiger partial charge in [0.15, 0.2) is 0 Å². The largest absolute Gasteiger partial charge is 0.325 e. The zero-order valence-corrected chi connectivity index (χ0v) is 12.1. The van der Waals surface area contributed by atoms with Gasteiger partial charge in [-0.3, -0.25) is 0 Å². The Labute approximate surface area is 106 Å². The Bertz CT molecular complexity index is 245. The third kappa shape index (κ3) is 4.21. The van der Waals surface area contributed by atoms with Crippen LogP contribution in [0.15, 0.2) is 0 Å². The van der Waals surface area contributed by atoms with Crippen LogP contribution in [-0.2, 0) is 0 Å². The van der Waals surface area contributed by atoms with Gasteiger partial charge in [0.2, 0.25) is 0 Å². The lowest BCUT2D eigenvalue weighted by molar-refractivity contribution is 0.127. The van der Waals surface area contributed by atoms with Crippen LogP contribution in [0.5, 0.6) is 0 Å². The minimum atomic E-state index is 0.213. The van der Waals surface area contributed by atoms with E-state index >= 15 is 0 Å². The summed E-state index contributed by atoms with van der Waals surface area (Å²) < 4.78 is 0. The molecule has 1 unspecified atom stereocenters. The Kier molecular flexibility index (Phi) is 5.29. The second-order valence-corrected chi connectivity index (χ2v) is 6.04. The topological polar surface area (TPSA) is 23.6 Å². The van der Waals surface area contributed by atoms with Gasteiger partial charge in [0.25, 0.3) is 0 Å². The Hall–Kier alpha value is -0.730. The van der Waals surface area contributed by atoms with Gasteiger partial charge < -0.3 is 9.80 Å². The van der Waals surface area contributed by atoms with E-state index in [1.165, 1.54) is 0 Å². The number of carbonyl (C=O) groups excluding carboxylic acids is 1. The lowest BCUT2D eigenvalue weighted by Crippen LogP contribution is -2.48. The number of nitrogens with zero attached hydrogens (tertiary/aromatic N) is 2. The third-order valence-electron chi connectivity index (χ3n) is 3.83. The van der Waals surface area contributed by atoms with Crippen LogP contribution in [0.4, 0.5) is 4.79 Å². The predicted octanol–water partition coefficient (Wildman–Crippen LogP) is 3.20. The van der Waals surface area contributed by atoms with E-state index in [-0.39, 0.29) is 6.03 Å². The molecular formula is C14H28N2O. The Morgan fingerprint density at radius 2 is 1.82 bits per heavy atom. The normalized spacial score (nSPS) is 19.5. The highest BCUT2D eigenvalue weighted by atomic mass is 16.2. The monoisotopic (exact) mass is 240 g/mol. The van der Waals surface area contributed by atoms with Crippen molar-refractivity contribution in [3.63, 3.8) is 0 Å². The molecule has 0 aromatic rings. The van der Waals surface area contributed by atoms with Gasteiger partial charge in [-0.2, -0.15) is 0 Å². The van der Waals surface area contributed by atoms with E-state index < -0.39 is 0 Å². The molecule has 1 atom stereocenters. The fraction of sp³-hybridized carbons (Fsp3) is 0.929. The number of likely N-dealkylation sites (tertiary alicyclic amines) is 1. The smallest absolute Gasteiger partial charge is 0.319 e. The Morgan fingerprint density at radius 3 is 2.29 bits per heavy atom. The van der Waals surface area contributed by atoms with Crippen LogP contribution in [0.1, 0.15) is 47.0 Å². The molecule has 0 bridgehead atoms. The van der Waals surface area contributed by atoms with Gasteiger partial charge in [-0.15, -0.1) is 0 Å². The number of rotatable bonds is 3. The SMILES string of the molecule is CC(C)CC(C)N(C)C(=O)N1CCC(C)CC1. The van der Waals surface area contributed by atoms with E-state index in [1.54, 1.807) is 0 Å².